The largest absolute Gasteiger partial charge is 0.427 e. The molecular formula is C14H11FN2O3. The van der Waals surface area contributed by atoms with Gasteiger partial charge in [-0.1, -0.05) is 0 Å². The monoisotopic (exact) mass is 274 g/mol. The molecule has 6 heteroatoms. The van der Waals surface area contributed by atoms with Gasteiger partial charge in [-0.15, -0.1) is 4.91 Å². The highest BCUT2D eigenvalue weighted by atomic mass is 19.1. The molecule has 0 unspecified atom stereocenters. The minimum atomic E-state index is -0.429. The highest BCUT2D eigenvalue weighted by molar-refractivity contribution is 5.70. The highest BCUT2D eigenvalue weighted by Crippen LogP contribution is 2.27. The van der Waals surface area contributed by atoms with Gasteiger partial charge in [0.2, 0.25) is 0 Å². The zero-order valence-electron chi connectivity index (χ0n) is 10.6. The Hall–Kier alpha value is -2.76. The Balaban J connectivity index is 2.25. The van der Waals surface area contributed by atoms with E-state index in [9.17, 15) is 14.1 Å². The number of rotatable bonds is 4. The summed E-state index contributed by atoms with van der Waals surface area (Å²) in [5.74, 6) is -0.460. The van der Waals surface area contributed by atoms with Crippen molar-refractivity contribution >= 4 is 17.3 Å². The third kappa shape index (κ3) is 3.17. The van der Waals surface area contributed by atoms with Crippen LogP contribution in [0.25, 0.3) is 0 Å². The van der Waals surface area contributed by atoms with E-state index in [1.807, 2.05) is 0 Å². The maximum atomic E-state index is 12.9. The number of carbonyl (C=O) groups excluding carboxylic acids is 1. The van der Waals surface area contributed by atoms with Crippen molar-refractivity contribution in [1.29, 1.82) is 0 Å². The van der Waals surface area contributed by atoms with Crippen LogP contribution in [0.1, 0.15) is 6.92 Å². The molecule has 0 aliphatic heterocycles. The van der Waals surface area contributed by atoms with Crippen LogP contribution in [0.2, 0.25) is 0 Å². The van der Waals surface area contributed by atoms with E-state index >= 15 is 0 Å². The van der Waals surface area contributed by atoms with Gasteiger partial charge in [0.25, 0.3) is 0 Å². The van der Waals surface area contributed by atoms with E-state index in [4.69, 9.17) is 4.74 Å². The van der Waals surface area contributed by atoms with E-state index in [0.717, 1.165) is 5.01 Å². The third-order valence-electron chi connectivity index (χ3n) is 2.50. The molecule has 0 aliphatic rings. The van der Waals surface area contributed by atoms with E-state index in [2.05, 4.69) is 5.29 Å². The summed E-state index contributed by atoms with van der Waals surface area (Å²) in [7, 11) is 0. The maximum Gasteiger partial charge on any atom is 0.308 e. The number of ether oxygens (including phenoxy) is 1. The average Bonchev–Trinajstić information content (AvgIpc) is 2.43. The number of halogens is 1. The minimum Gasteiger partial charge on any atom is -0.427 e. The van der Waals surface area contributed by atoms with Crippen LogP contribution in [0.4, 0.5) is 15.8 Å². The topological polar surface area (TPSA) is 59.0 Å². The molecule has 0 N–H and O–H groups in total. The van der Waals surface area contributed by atoms with Crippen molar-refractivity contribution in [1.82, 2.24) is 0 Å². The fourth-order valence-corrected chi connectivity index (χ4v) is 1.65. The molecule has 0 radical (unpaired) electrons. The molecule has 2 aromatic rings. The summed E-state index contributed by atoms with van der Waals surface area (Å²) >= 11 is 0. The fraction of sp³-hybridized carbons (Fsp3) is 0.0714. The second kappa shape index (κ2) is 5.92. The van der Waals surface area contributed by atoms with Gasteiger partial charge in [-0.25, -0.2) is 4.39 Å². The van der Waals surface area contributed by atoms with Crippen molar-refractivity contribution in [3.63, 3.8) is 0 Å². The summed E-state index contributed by atoms with van der Waals surface area (Å²) in [6, 6.07) is 11.6. The summed E-state index contributed by atoms with van der Waals surface area (Å²) in [6.07, 6.45) is 0. The maximum absolute atomic E-state index is 12.9. The van der Waals surface area contributed by atoms with Crippen LogP contribution in [0, 0.1) is 10.7 Å². The molecule has 0 aliphatic carbocycles. The molecule has 0 bridgehead atoms. The zero-order valence-corrected chi connectivity index (χ0v) is 10.6. The minimum absolute atomic E-state index is 0.367. The van der Waals surface area contributed by atoms with Crippen LogP contribution < -0.4 is 9.75 Å². The van der Waals surface area contributed by atoms with Gasteiger partial charge in [0.05, 0.1) is 16.7 Å². The second-order valence-electron chi connectivity index (χ2n) is 3.96. The van der Waals surface area contributed by atoms with Gasteiger partial charge in [-0.3, -0.25) is 4.79 Å². The van der Waals surface area contributed by atoms with Crippen molar-refractivity contribution in [2.24, 2.45) is 5.29 Å². The summed E-state index contributed by atoms with van der Waals surface area (Å²) in [6.45, 7) is 1.30. The van der Waals surface area contributed by atoms with Crippen molar-refractivity contribution < 1.29 is 13.9 Å². The normalized spacial score (nSPS) is 9.90. The van der Waals surface area contributed by atoms with Gasteiger partial charge in [-0.05, 0) is 48.5 Å². The van der Waals surface area contributed by atoms with Gasteiger partial charge in [-0.2, -0.15) is 5.01 Å². The van der Waals surface area contributed by atoms with E-state index in [-0.39, 0.29) is 0 Å². The van der Waals surface area contributed by atoms with Crippen molar-refractivity contribution in [2.45, 2.75) is 6.92 Å². The third-order valence-corrected chi connectivity index (χ3v) is 2.50. The molecular weight excluding hydrogens is 263 g/mol. The van der Waals surface area contributed by atoms with Gasteiger partial charge < -0.3 is 4.74 Å². The Bertz CT molecular complexity index is 611. The average molecular weight is 274 g/mol. The van der Waals surface area contributed by atoms with Crippen LogP contribution in [-0.4, -0.2) is 5.97 Å². The summed E-state index contributed by atoms with van der Waals surface area (Å²) in [4.78, 5) is 21.8. The number of carbonyl (C=O) groups is 1. The summed E-state index contributed by atoms with van der Waals surface area (Å²) in [5, 5.41) is 4.01. The van der Waals surface area contributed by atoms with Crippen LogP contribution >= 0.6 is 0 Å². The van der Waals surface area contributed by atoms with Crippen molar-refractivity contribution in [2.75, 3.05) is 5.01 Å². The Morgan fingerprint density at radius 2 is 1.55 bits per heavy atom. The molecule has 102 valence electrons. The number of hydrogen-bond donors (Lipinski definition) is 0. The lowest BCUT2D eigenvalue weighted by Crippen LogP contribution is -2.07. The van der Waals surface area contributed by atoms with Crippen molar-refractivity contribution in [3.8, 4) is 5.75 Å². The van der Waals surface area contributed by atoms with Gasteiger partial charge in [0.1, 0.15) is 11.6 Å². The van der Waals surface area contributed by atoms with E-state index in [1.54, 1.807) is 24.3 Å². The Kier molecular flexibility index (Phi) is 4.05. The van der Waals surface area contributed by atoms with Gasteiger partial charge in [0, 0.05) is 6.92 Å². The first-order valence-corrected chi connectivity index (χ1v) is 5.77. The molecule has 0 amide bonds. The van der Waals surface area contributed by atoms with Crippen LogP contribution in [-0.2, 0) is 4.79 Å². The van der Waals surface area contributed by atoms with E-state index < -0.39 is 11.8 Å². The van der Waals surface area contributed by atoms with Crippen molar-refractivity contribution in [3.05, 3.63) is 59.3 Å². The lowest BCUT2D eigenvalue weighted by molar-refractivity contribution is -0.131. The van der Waals surface area contributed by atoms with Crippen LogP contribution in [0.5, 0.6) is 5.75 Å². The zero-order chi connectivity index (χ0) is 14.5. The first-order chi connectivity index (χ1) is 9.60. The van der Waals surface area contributed by atoms with E-state index in [0.29, 0.717) is 17.1 Å². The SMILES string of the molecule is CC(=O)Oc1ccc(N(N=O)c2ccc(F)cc2)cc1. The van der Waals surface area contributed by atoms with E-state index in [1.165, 1.54) is 31.2 Å². The molecule has 0 heterocycles. The molecule has 20 heavy (non-hydrogen) atoms. The molecule has 2 aromatic carbocycles. The molecule has 5 nitrogen and oxygen atoms in total. The quantitative estimate of drug-likeness (QED) is 0.370. The molecule has 0 atom stereocenters. The number of anilines is 2. The van der Waals surface area contributed by atoms with Crippen LogP contribution in [0.15, 0.2) is 53.8 Å². The summed E-state index contributed by atoms with van der Waals surface area (Å²) < 4.78 is 17.7. The lowest BCUT2D eigenvalue weighted by Gasteiger charge is -2.15. The Labute approximate surface area is 114 Å². The lowest BCUT2D eigenvalue weighted by atomic mass is 10.2. The molecule has 2 rings (SSSR count). The predicted molar refractivity (Wildman–Crippen MR) is 72.1 cm³/mol. The van der Waals surface area contributed by atoms with Gasteiger partial charge in [0.15, 0.2) is 0 Å². The number of esters is 1. The first kappa shape index (κ1) is 13.7. The molecule has 0 saturated carbocycles. The van der Waals surface area contributed by atoms with Crippen LogP contribution in [0.3, 0.4) is 0 Å². The molecule has 0 spiro atoms. The van der Waals surface area contributed by atoms with Gasteiger partial charge >= 0.3 is 5.97 Å². The highest BCUT2D eigenvalue weighted by Gasteiger charge is 2.10. The predicted octanol–water partition coefficient (Wildman–Crippen LogP) is 3.57. The fourth-order valence-electron chi connectivity index (χ4n) is 1.65. The molecule has 0 fully saturated rings. The Morgan fingerprint density at radius 1 is 1.05 bits per heavy atom. The molecule has 0 saturated heterocycles. The Morgan fingerprint density at radius 3 is 2.00 bits per heavy atom. The first-order valence-electron chi connectivity index (χ1n) is 5.77. The second-order valence-corrected chi connectivity index (χ2v) is 3.96. The smallest absolute Gasteiger partial charge is 0.308 e. The standard InChI is InChI=1S/C14H11FN2O3/c1-10(18)20-14-8-6-13(7-9-14)17(16-19)12-4-2-11(15)3-5-12/h2-9H,1H3. The number of hydrogen-bond acceptors (Lipinski definition) is 4. The summed E-state index contributed by atoms with van der Waals surface area (Å²) in [5.41, 5.74) is 0.907. The number of nitrogens with zero attached hydrogens (tertiary/aromatic N) is 2. The number of nitroso groups, excluding NO2 is 1. The molecule has 0 aromatic heterocycles. The number of benzene rings is 2.